The fraction of sp³-hybridized carbons (Fsp3) is 0.250. The van der Waals surface area contributed by atoms with Gasteiger partial charge in [0, 0.05) is 5.38 Å². The number of para-hydroxylation sites is 1. The number of anilines is 1. The van der Waals surface area contributed by atoms with E-state index in [1.54, 1.807) is 0 Å². The highest BCUT2D eigenvalue weighted by Crippen LogP contribution is 2.35. The van der Waals surface area contributed by atoms with Crippen LogP contribution in [0, 0.1) is 0 Å². The quantitative estimate of drug-likeness (QED) is 0.822. The van der Waals surface area contributed by atoms with Crippen LogP contribution in [0.25, 0.3) is 0 Å². The van der Waals surface area contributed by atoms with Gasteiger partial charge in [0.05, 0.1) is 5.69 Å². The van der Waals surface area contributed by atoms with Crippen molar-refractivity contribution < 1.29 is 4.74 Å². The zero-order valence-electron chi connectivity index (χ0n) is 8.72. The average Bonchev–Trinajstić information content (AvgIpc) is 2.75. The molecule has 0 saturated carbocycles. The Labute approximate surface area is 97.9 Å². The van der Waals surface area contributed by atoms with Gasteiger partial charge in [0.15, 0.2) is 5.13 Å². The van der Waals surface area contributed by atoms with Gasteiger partial charge in [0.25, 0.3) is 0 Å². The molecule has 2 N–H and O–H groups in total. The molecule has 1 unspecified atom stereocenters. The van der Waals surface area contributed by atoms with Gasteiger partial charge in [-0.25, -0.2) is 4.98 Å². The summed E-state index contributed by atoms with van der Waals surface area (Å²) < 4.78 is 5.92. The molecular formula is C12H12N2OS. The summed E-state index contributed by atoms with van der Waals surface area (Å²) in [5.74, 6) is 0.977. The zero-order valence-corrected chi connectivity index (χ0v) is 9.54. The highest BCUT2D eigenvalue weighted by atomic mass is 32.1. The molecule has 3 rings (SSSR count). The van der Waals surface area contributed by atoms with Gasteiger partial charge in [0.2, 0.25) is 0 Å². The number of ether oxygens (including phenoxy) is 1. The van der Waals surface area contributed by atoms with Crippen LogP contribution in [-0.2, 0) is 6.42 Å². The topological polar surface area (TPSA) is 48.1 Å². The van der Waals surface area contributed by atoms with E-state index in [4.69, 9.17) is 10.5 Å². The molecule has 1 aliphatic rings. The molecular weight excluding hydrogens is 220 g/mol. The molecule has 2 aromatic rings. The van der Waals surface area contributed by atoms with Crippen LogP contribution in [-0.4, -0.2) is 4.98 Å². The van der Waals surface area contributed by atoms with Crippen molar-refractivity contribution in [2.24, 2.45) is 0 Å². The summed E-state index contributed by atoms with van der Waals surface area (Å²) in [5, 5.41) is 2.59. The number of fused-ring (bicyclic) bond motifs is 1. The summed E-state index contributed by atoms with van der Waals surface area (Å²) in [5.41, 5.74) is 7.87. The van der Waals surface area contributed by atoms with Crippen molar-refractivity contribution in [3.05, 3.63) is 40.9 Å². The molecule has 0 fully saturated rings. The van der Waals surface area contributed by atoms with E-state index >= 15 is 0 Å². The van der Waals surface area contributed by atoms with Crippen LogP contribution < -0.4 is 10.5 Å². The Balaban J connectivity index is 1.88. The second-order valence-electron chi connectivity index (χ2n) is 3.86. The molecule has 16 heavy (non-hydrogen) atoms. The Hall–Kier alpha value is -1.55. The van der Waals surface area contributed by atoms with E-state index in [9.17, 15) is 0 Å². The van der Waals surface area contributed by atoms with E-state index < -0.39 is 0 Å². The molecule has 1 atom stereocenters. The first-order valence-corrected chi connectivity index (χ1v) is 6.16. The highest BCUT2D eigenvalue weighted by Gasteiger charge is 2.22. The first-order valence-electron chi connectivity index (χ1n) is 5.28. The van der Waals surface area contributed by atoms with Crippen LogP contribution >= 0.6 is 11.3 Å². The third-order valence-electron chi connectivity index (χ3n) is 2.79. The molecule has 0 spiro atoms. The summed E-state index contributed by atoms with van der Waals surface area (Å²) in [6.07, 6.45) is 2.07. The van der Waals surface area contributed by atoms with E-state index in [2.05, 4.69) is 11.1 Å². The number of aryl methyl sites for hydroxylation is 1. The number of nitrogens with zero attached hydrogens (tertiary/aromatic N) is 1. The van der Waals surface area contributed by atoms with Crippen molar-refractivity contribution in [2.45, 2.75) is 18.9 Å². The van der Waals surface area contributed by atoms with E-state index in [-0.39, 0.29) is 6.10 Å². The van der Waals surface area contributed by atoms with Gasteiger partial charge in [-0.2, -0.15) is 0 Å². The van der Waals surface area contributed by atoms with Crippen LogP contribution in [0.4, 0.5) is 5.13 Å². The Morgan fingerprint density at radius 3 is 3.06 bits per heavy atom. The zero-order chi connectivity index (χ0) is 11.0. The van der Waals surface area contributed by atoms with Crippen LogP contribution in [0.5, 0.6) is 5.75 Å². The third-order valence-corrected chi connectivity index (χ3v) is 3.48. The van der Waals surface area contributed by atoms with E-state index in [0.29, 0.717) is 5.13 Å². The number of aromatic nitrogens is 1. The van der Waals surface area contributed by atoms with Crippen molar-refractivity contribution in [2.75, 3.05) is 5.73 Å². The fourth-order valence-corrected chi connectivity index (χ4v) is 2.59. The highest BCUT2D eigenvalue weighted by molar-refractivity contribution is 7.13. The van der Waals surface area contributed by atoms with Crippen molar-refractivity contribution >= 4 is 16.5 Å². The maximum absolute atomic E-state index is 5.92. The molecule has 3 nitrogen and oxygen atoms in total. The maximum Gasteiger partial charge on any atom is 0.180 e. The number of rotatable bonds is 1. The lowest BCUT2D eigenvalue weighted by Gasteiger charge is -2.24. The Kier molecular flexibility index (Phi) is 2.29. The van der Waals surface area contributed by atoms with Crippen molar-refractivity contribution in [3.8, 4) is 5.75 Å². The van der Waals surface area contributed by atoms with Crippen LogP contribution in [0.3, 0.4) is 0 Å². The molecule has 1 aromatic heterocycles. The van der Waals surface area contributed by atoms with Gasteiger partial charge < -0.3 is 10.5 Å². The molecule has 82 valence electrons. The number of nitrogens with two attached hydrogens (primary N) is 1. The predicted octanol–water partition coefficient (Wildman–Crippen LogP) is 2.79. The molecule has 2 heterocycles. The molecule has 0 saturated heterocycles. The minimum atomic E-state index is 0.0587. The average molecular weight is 232 g/mol. The number of hydrogen-bond donors (Lipinski definition) is 1. The molecule has 1 aliphatic heterocycles. The predicted molar refractivity (Wildman–Crippen MR) is 64.7 cm³/mol. The SMILES string of the molecule is Nc1nc(C2CCc3ccccc3O2)cs1. The molecule has 0 aliphatic carbocycles. The van der Waals surface area contributed by atoms with Crippen molar-refractivity contribution in [3.63, 3.8) is 0 Å². The van der Waals surface area contributed by atoms with Gasteiger partial charge in [-0.15, -0.1) is 11.3 Å². The molecule has 4 heteroatoms. The first kappa shape index (κ1) is 9.66. The summed E-state index contributed by atoms with van der Waals surface area (Å²) >= 11 is 1.47. The molecule has 0 bridgehead atoms. The van der Waals surface area contributed by atoms with Gasteiger partial charge >= 0.3 is 0 Å². The first-order chi connectivity index (χ1) is 7.83. The Morgan fingerprint density at radius 1 is 1.38 bits per heavy atom. The molecule has 0 amide bonds. The summed E-state index contributed by atoms with van der Waals surface area (Å²) in [7, 11) is 0. The van der Waals surface area contributed by atoms with E-state index in [1.165, 1.54) is 16.9 Å². The Bertz CT molecular complexity index is 509. The minimum absolute atomic E-state index is 0.0587. The van der Waals surface area contributed by atoms with Crippen molar-refractivity contribution in [1.82, 2.24) is 4.98 Å². The van der Waals surface area contributed by atoms with Gasteiger partial charge in [-0.3, -0.25) is 0 Å². The van der Waals surface area contributed by atoms with E-state index in [1.807, 2.05) is 23.6 Å². The van der Waals surface area contributed by atoms with Crippen LogP contribution in [0.1, 0.15) is 23.8 Å². The van der Waals surface area contributed by atoms with Crippen LogP contribution in [0.2, 0.25) is 0 Å². The number of nitrogen functional groups attached to an aromatic ring is 1. The molecule has 1 aromatic carbocycles. The normalized spacial score (nSPS) is 18.9. The summed E-state index contributed by atoms with van der Waals surface area (Å²) in [6.45, 7) is 0. The lowest BCUT2D eigenvalue weighted by atomic mass is 10.0. The number of thiazole rings is 1. The molecule has 0 radical (unpaired) electrons. The second-order valence-corrected chi connectivity index (χ2v) is 4.75. The largest absolute Gasteiger partial charge is 0.484 e. The van der Waals surface area contributed by atoms with E-state index in [0.717, 1.165) is 24.3 Å². The summed E-state index contributed by atoms with van der Waals surface area (Å²) in [6, 6.07) is 8.16. The van der Waals surface area contributed by atoms with Gasteiger partial charge in [-0.1, -0.05) is 18.2 Å². The Morgan fingerprint density at radius 2 is 2.25 bits per heavy atom. The van der Waals surface area contributed by atoms with Gasteiger partial charge in [0.1, 0.15) is 11.9 Å². The smallest absolute Gasteiger partial charge is 0.180 e. The summed E-state index contributed by atoms with van der Waals surface area (Å²) in [4.78, 5) is 4.28. The lowest BCUT2D eigenvalue weighted by molar-refractivity contribution is 0.173. The van der Waals surface area contributed by atoms with Crippen molar-refractivity contribution in [1.29, 1.82) is 0 Å². The van der Waals surface area contributed by atoms with Crippen LogP contribution in [0.15, 0.2) is 29.6 Å². The lowest BCUT2D eigenvalue weighted by Crippen LogP contribution is -2.15. The minimum Gasteiger partial charge on any atom is -0.484 e. The third kappa shape index (κ3) is 1.65. The monoisotopic (exact) mass is 232 g/mol. The van der Waals surface area contributed by atoms with Gasteiger partial charge in [-0.05, 0) is 24.5 Å². The number of hydrogen-bond acceptors (Lipinski definition) is 4. The maximum atomic E-state index is 5.92. The second kappa shape index (κ2) is 3.79. The standard InChI is InChI=1S/C12H12N2OS/c13-12-14-9(7-16-12)11-6-5-8-3-1-2-4-10(8)15-11/h1-4,7,11H,5-6H2,(H2,13,14). The fourth-order valence-electron chi connectivity index (χ4n) is 1.98. The number of benzene rings is 1.